The zero-order chi connectivity index (χ0) is 35.0. The van der Waals surface area contributed by atoms with Crippen molar-refractivity contribution in [2.75, 3.05) is 64.2 Å². The van der Waals surface area contributed by atoms with Crippen molar-refractivity contribution in [3.8, 4) is 0 Å². The van der Waals surface area contributed by atoms with Crippen LogP contribution in [-0.4, -0.2) is 103 Å². The summed E-state index contributed by atoms with van der Waals surface area (Å²) in [6, 6.07) is 1.51. The number of unbranched alkanes of at least 4 members (excludes halogenated alkanes) is 3. The van der Waals surface area contributed by atoms with Gasteiger partial charge >= 0.3 is 17.6 Å². The monoisotopic (exact) mass is 728 g/mol. The van der Waals surface area contributed by atoms with Crippen molar-refractivity contribution in [1.82, 2.24) is 10.6 Å². The van der Waals surface area contributed by atoms with E-state index in [2.05, 4.69) is 10.6 Å². The number of nitrogens with one attached hydrogen (secondary N) is 2. The fourth-order valence-electron chi connectivity index (χ4n) is 4.80. The Bertz CT molecular complexity index is 714. The summed E-state index contributed by atoms with van der Waals surface area (Å²) >= 11 is 3.32. The van der Waals surface area contributed by atoms with Crippen LogP contribution in [0.15, 0.2) is 0 Å². The maximum atomic E-state index is 12.8. The molecule has 0 aliphatic heterocycles. The minimum Gasteiger partial charge on any atom is -0.374 e. The van der Waals surface area contributed by atoms with E-state index in [9.17, 15) is 9.59 Å². The van der Waals surface area contributed by atoms with Crippen LogP contribution in [0.5, 0.6) is 0 Å². The van der Waals surface area contributed by atoms with Gasteiger partial charge in [-0.25, -0.2) is 0 Å². The number of hydrogen-bond donors (Lipinski definition) is 2. The van der Waals surface area contributed by atoms with E-state index in [-0.39, 0.29) is 11.8 Å². The van der Waals surface area contributed by atoms with E-state index in [4.69, 9.17) is 26.6 Å². The third kappa shape index (κ3) is 19.1. The van der Waals surface area contributed by atoms with Crippen molar-refractivity contribution in [1.29, 1.82) is 0 Å². The fraction of sp³-hybridized carbons (Fsp3) is 0.938. The van der Waals surface area contributed by atoms with Crippen molar-refractivity contribution in [2.24, 2.45) is 0 Å². The molecule has 0 aliphatic rings. The Kier molecular flexibility index (Phi) is 25.7. The molecule has 0 fully saturated rings. The summed E-state index contributed by atoms with van der Waals surface area (Å²) in [6.07, 6.45) is 5.60. The number of hydrogen-bond acceptors (Lipinski definition) is 10. The summed E-state index contributed by atoms with van der Waals surface area (Å²) in [5.41, 5.74) is 0. The quantitative estimate of drug-likeness (QED) is 0.0592. The van der Waals surface area contributed by atoms with Crippen molar-refractivity contribution in [3.63, 3.8) is 0 Å². The molecule has 14 heteroatoms. The lowest BCUT2D eigenvalue weighted by molar-refractivity contribution is -0.123. The van der Waals surface area contributed by atoms with Crippen LogP contribution in [0.4, 0.5) is 0 Å². The lowest BCUT2D eigenvalue weighted by Crippen LogP contribution is -2.46. The van der Waals surface area contributed by atoms with E-state index in [1.165, 1.54) is 0 Å². The summed E-state index contributed by atoms with van der Waals surface area (Å²) in [4.78, 5) is 25.7. The number of carbonyl (C=O) groups excluding carboxylic acids is 2. The molecule has 2 amide bonds. The largest absolute Gasteiger partial charge is 0.500 e. The molecule has 274 valence electrons. The molecule has 0 aromatic carbocycles. The first-order chi connectivity index (χ1) is 21.8. The molecule has 0 unspecified atom stereocenters. The van der Waals surface area contributed by atoms with Crippen LogP contribution in [0, 0.1) is 0 Å². The van der Waals surface area contributed by atoms with Gasteiger partial charge in [0.05, 0.1) is 9.49 Å². The minimum atomic E-state index is -2.64. The SMILES string of the molecule is CCO[Si](CCCSC(C)(C)C(=O)NCCCCCCNC(=O)C(C)(C)SCCC[Si](OCC)(OCC)OCC)(OCC)OCC. The van der Waals surface area contributed by atoms with Crippen LogP contribution in [-0.2, 0) is 36.1 Å². The highest BCUT2D eigenvalue weighted by atomic mass is 32.2. The third-order valence-electron chi connectivity index (χ3n) is 7.13. The molecule has 0 rings (SSSR count). The second kappa shape index (κ2) is 25.8. The van der Waals surface area contributed by atoms with Gasteiger partial charge in [0, 0.05) is 64.8 Å². The van der Waals surface area contributed by atoms with Crippen LogP contribution < -0.4 is 10.6 Å². The molecule has 0 spiro atoms. The van der Waals surface area contributed by atoms with Gasteiger partial charge in [-0.15, -0.1) is 23.5 Å². The molecule has 2 N–H and O–H groups in total. The second-order valence-corrected chi connectivity index (χ2v) is 20.7. The molecular formula is C32H68N2O8S2Si2. The van der Waals surface area contributed by atoms with Crippen molar-refractivity contribution in [2.45, 2.75) is 129 Å². The van der Waals surface area contributed by atoms with Crippen molar-refractivity contribution >= 4 is 52.9 Å². The number of rotatable bonds is 31. The lowest BCUT2D eigenvalue weighted by Gasteiger charge is -2.29. The van der Waals surface area contributed by atoms with Gasteiger partial charge in [0.15, 0.2) is 0 Å². The van der Waals surface area contributed by atoms with E-state index >= 15 is 0 Å². The first-order valence-corrected chi connectivity index (χ1v) is 23.3. The Morgan fingerprint density at radius 2 is 0.783 bits per heavy atom. The molecule has 0 radical (unpaired) electrons. The molecule has 46 heavy (non-hydrogen) atoms. The van der Waals surface area contributed by atoms with Gasteiger partial charge in [-0.3, -0.25) is 9.59 Å². The van der Waals surface area contributed by atoms with Crippen molar-refractivity contribution < 1.29 is 36.1 Å². The highest BCUT2D eigenvalue weighted by Crippen LogP contribution is 2.29. The zero-order valence-corrected chi connectivity index (χ0v) is 34.4. The number of thioether (sulfide) groups is 2. The van der Waals surface area contributed by atoms with Crippen LogP contribution in [0.1, 0.15) is 108 Å². The molecule has 0 saturated heterocycles. The minimum absolute atomic E-state index is 0.0640. The first kappa shape index (κ1) is 45.8. The van der Waals surface area contributed by atoms with Crippen LogP contribution in [0.25, 0.3) is 0 Å². The molecule has 0 aliphatic carbocycles. The van der Waals surface area contributed by atoms with E-state index in [0.29, 0.717) is 52.7 Å². The maximum Gasteiger partial charge on any atom is 0.500 e. The maximum absolute atomic E-state index is 12.8. The Labute approximate surface area is 292 Å². The van der Waals surface area contributed by atoms with Crippen LogP contribution in [0.2, 0.25) is 12.1 Å². The smallest absolute Gasteiger partial charge is 0.374 e. The molecule has 0 saturated carbocycles. The summed E-state index contributed by atoms with van der Waals surface area (Å²) < 4.78 is 34.6. The molecule has 0 heterocycles. The summed E-state index contributed by atoms with van der Waals surface area (Å²) in [5.74, 6) is 1.80. The zero-order valence-electron chi connectivity index (χ0n) is 30.8. The molecular weight excluding hydrogens is 661 g/mol. The normalized spacial score (nSPS) is 12.8. The van der Waals surface area contributed by atoms with E-state index < -0.39 is 27.1 Å². The van der Waals surface area contributed by atoms with Crippen LogP contribution >= 0.6 is 23.5 Å². The highest BCUT2D eigenvalue weighted by Gasteiger charge is 2.41. The summed E-state index contributed by atoms with van der Waals surface area (Å²) in [5, 5.41) is 6.21. The van der Waals surface area contributed by atoms with E-state index in [1.54, 1.807) is 23.5 Å². The lowest BCUT2D eigenvalue weighted by atomic mass is 10.1. The summed E-state index contributed by atoms with van der Waals surface area (Å²) in [7, 11) is -5.29. The third-order valence-corrected chi connectivity index (χ3v) is 16.2. The molecule has 0 aromatic rings. The van der Waals surface area contributed by atoms with Gasteiger partial charge < -0.3 is 37.2 Å². The molecule has 10 nitrogen and oxygen atoms in total. The van der Waals surface area contributed by atoms with Crippen molar-refractivity contribution in [3.05, 3.63) is 0 Å². The van der Waals surface area contributed by atoms with Gasteiger partial charge in [-0.1, -0.05) is 12.8 Å². The van der Waals surface area contributed by atoms with Gasteiger partial charge in [-0.2, -0.15) is 0 Å². The van der Waals surface area contributed by atoms with Gasteiger partial charge in [-0.05, 0) is 106 Å². The average molecular weight is 729 g/mol. The number of carbonyl (C=O) groups is 2. The molecule has 0 aromatic heterocycles. The predicted octanol–water partition coefficient (Wildman–Crippen LogP) is 6.68. The van der Waals surface area contributed by atoms with Crippen LogP contribution in [0.3, 0.4) is 0 Å². The Hall–Kier alpha value is -0.166. The first-order valence-electron chi connectivity index (χ1n) is 17.5. The Morgan fingerprint density at radius 1 is 0.500 bits per heavy atom. The standard InChI is InChI=1S/C32H68N2O8S2Si2/c1-11-37-45(38-12-2,39-13-3)27-21-25-43-31(7,8)29(35)33-23-19-17-18-20-24-34-30(36)32(9,10)44-26-22-28-46(40-14-4,41-15-5)42-16-6/h11-28H2,1-10H3,(H,33,35)(H,34,36). The second-order valence-electron chi connectivity index (χ2n) is 11.8. The van der Waals surface area contributed by atoms with Gasteiger partial charge in [0.25, 0.3) is 0 Å². The predicted molar refractivity (Wildman–Crippen MR) is 198 cm³/mol. The Balaban J connectivity index is 4.26. The highest BCUT2D eigenvalue weighted by molar-refractivity contribution is 8.01. The topological polar surface area (TPSA) is 114 Å². The van der Waals surface area contributed by atoms with Gasteiger partial charge in [0.2, 0.25) is 11.8 Å². The molecule has 0 bridgehead atoms. The Morgan fingerprint density at radius 3 is 1.04 bits per heavy atom. The van der Waals surface area contributed by atoms with E-state index in [1.807, 2.05) is 69.2 Å². The fourth-order valence-corrected chi connectivity index (χ4v) is 12.5. The number of amides is 2. The van der Waals surface area contributed by atoms with Gasteiger partial charge in [0.1, 0.15) is 0 Å². The summed E-state index contributed by atoms with van der Waals surface area (Å²) in [6.45, 7) is 24.5. The average Bonchev–Trinajstić information content (AvgIpc) is 2.99. The van der Waals surface area contributed by atoms with E-state index in [0.717, 1.165) is 62.1 Å². The molecule has 0 atom stereocenters.